The molecule has 0 aliphatic rings. The maximum atomic E-state index is 12.3. The molecule has 0 aliphatic carbocycles. The molecule has 0 unspecified atom stereocenters. The van der Waals surface area contributed by atoms with E-state index in [-0.39, 0.29) is 5.91 Å². The van der Waals surface area contributed by atoms with E-state index in [1.807, 2.05) is 61.7 Å². The van der Waals surface area contributed by atoms with Gasteiger partial charge in [-0.25, -0.2) is 4.98 Å². The lowest BCUT2D eigenvalue weighted by molar-refractivity contribution is -0.127. The third-order valence-electron chi connectivity index (χ3n) is 4.34. The molecule has 1 heterocycles. The van der Waals surface area contributed by atoms with Crippen molar-refractivity contribution >= 4 is 28.8 Å². The number of hydrogen-bond donors (Lipinski definition) is 1. The van der Waals surface area contributed by atoms with Crippen LogP contribution in [0.2, 0.25) is 5.02 Å². The topological polar surface area (TPSA) is 51.2 Å². The van der Waals surface area contributed by atoms with Crippen LogP contribution in [0.4, 0.5) is 0 Å². The van der Waals surface area contributed by atoms with Crippen molar-refractivity contribution in [2.24, 2.45) is 0 Å². The summed E-state index contributed by atoms with van der Waals surface area (Å²) in [5.74, 6) is 0.498. The number of aryl methyl sites for hydroxylation is 2. The molecule has 0 saturated carbocycles. The molecule has 0 bridgehead atoms. The first-order valence-corrected chi connectivity index (χ1v) is 10.4. The number of aromatic nitrogens is 1. The molecule has 4 nitrogen and oxygen atoms in total. The van der Waals surface area contributed by atoms with Crippen LogP contribution in [-0.2, 0) is 11.2 Å². The lowest BCUT2D eigenvalue weighted by Gasteiger charge is -2.16. The quantitative estimate of drug-likeness (QED) is 0.577. The Balaban J connectivity index is 1.50. The molecule has 6 heteroatoms. The summed E-state index contributed by atoms with van der Waals surface area (Å²) in [6, 6.07) is 13.8. The zero-order chi connectivity index (χ0) is 20.1. The largest absolute Gasteiger partial charge is 0.481 e. The summed E-state index contributed by atoms with van der Waals surface area (Å²) in [6.45, 7) is 6.10. The van der Waals surface area contributed by atoms with Crippen molar-refractivity contribution in [3.8, 4) is 16.3 Å². The first-order valence-electron chi connectivity index (χ1n) is 9.15. The highest BCUT2D eigenvalue weighted by atomic mass is 35.5. The van der Waals surface area contributed by atoms with Crippen LogP contribution >= 0.6 is 22.9 Å². The Morgan fingerprint density at radius 3 is 2.57 bits per heavy atom. The molecule has 28 heavy (non-hydrogen) atoms. The predicted molar refractivity (Wildman–Crippen MR) is 115 cm³/mol. The molecule has 0 fully saturated rings. The smallest absolute Gasteiger partial charge is 0.260 e. The van der Waals surface area contributed by atoms with Gasteiger partial charge in [-0.1, -0.05) is 41.9 Å². The van der Waals surface area contributed by atoms with Gasteiger partial charge in [0.1, 0.15) is 10.8 Å². The number of halogens is 1. The molecule has 3 aromatic rings. The normalized spacial score (nSPS) is 11.9. The number of ether oxygens (including phenoxy) is 1. The van der Waals surface area contributed by atoms with Crippen molar-refractivity contribution in [3.63, 3.8) is 0 Å². The molecule has 146 valence electrons. The second-order valence-corrected chi connectivity index (χ2v) is 7.92. The maximum absolute atomic E-state index is 12.3. The molecule has 1 aromatic heterocycles. The van der Waals surface area contributed by atoms with Crippen LogP contribution in [0.1, 0.15) is 23.7 Å². The van der Waals surface area contributed by atoms with Crippen LogP contribution in [0.15, 0.2) is 47.8 Å². The SMILES string of the molecule is Cc1cc(O[C@@H](C)C(=O)NCCc2csc(-c3ccccc3)n2)cc(C)c1Cl. The van der Waals surface area contributed by atoms with E-state index in [9.17, 15) is 4.79 Å². The van der Waals surface area contributed by atoms with E-state index in [1.165, 1.54) is 0 Å². The maximum Gasteiger partial charge on any atom is 0.260 e. The number of nitrogens with zero attached hydrogens (tertiary/aromatic N) is 1. The van der Waals surface area contributed by atoms with Crippen molar-refractivity contribution < 1.29 is 9.53 Å². The number of nitrogens with one attached hydrogen (secondary N) is 1. The van der Waals surface area contributed by atoms with Crippen molar-refractivity contribution in [1.29, 1.82) is 0 Å². The van der Waals surface area contributed by atoms with E-state index >= 15 is 0 Å². The third-order valence-corrected chi connectivity index (χ3v) is 5.88. The first kappa shape index (κ1) is 20.4. The van der Waals surface area contributed by atoms with Gasteiger partial charge in [0.2, 0.25) is 0 Å². The standard InChI is InChI=1S/C22H23ClN2O2S/c1-14-11-19(12-15(2)20(14)23)27-16(3)21(26)24-10-9-18-13-28-22(25-18)17-7-5-4-6-8-17/h4-8,11-13,16H,9-10H2,1-3H3,(H,24,26)/t16-/m0/s1. The van der Waals surface area contributed by atoms with Gasteiger partial charge in [-0.3, -0.25) is 4.79 Å². The summed E-state index contributed by atoms with van der Waals surface area (Å²) in [4.78, 5) is 17.0. The van der Waals surface area contributed by atoms with Gasteiger partial charge in [-0.15, -0.1) is 11.3 Å². The van der Waals surface area contributed by atoms with Crippen LogP contribution in [0.25, 0.3) is 10.6 Å². The summed E-state index contributed by atoms with van der Waals surface area (Å²) in [6.07, 6.45) is 0.0938. The molecular weight excluding hydrogens is 392 g/mol. The average molecular weight is 415 g/mol. The Kier molecular flexibility index (Phi) is 6.70. The Bertz CT molecular complexity index is 933. The van der Waals surface area contributed by atoms with Crippen molar-refractivity contribution in [2.75, 3.05) is 6.54 Å². The Morgan fingerprint density at radius 2 is 1.89 bits per heavy atom. The molecule has 0 radical (unpaired) electrons. The average Bonchev–Trinajstić information content (AvgIpc) is 3.15. The zero-order valence-corrected chi connectivity index (χ0v) is 17.7. The monoisotopic (exact) mass is 414 g/mol. The number of hydrogen-bond acceptors (Lipinski definition) is 4. The van der Waals surface area contributed by atoms with Gasteiger partial charge in [0.05, 0.1) is 5.69 Å². The van der Waals surface area contributed by atoms with Gasteiger partial charge >= 0.3 is 0 Å². The van der Waals surface area contributed by atoms with Gasteiger partial charge < -0.3 is 10.1 Å². The van der Waals surface area contributed by atoms with E-state index in [0.717, 1.165) is 32.4 Å². The van der Waals surface area contributed by atoms with E-state index in [0.29, 0.717) is 18.7 Å². The fourth-order valence-corrected chi connectivity index (χ4v) is 3.79. The van der Waals surface area contributed by atoms with Crippen LogP contribution < -0.4 is 10.1 Å². The van der Waals surface area contributed by atoms with Crippen LogP contribution in [0.3, 0.4) is 0 Å². The third kappa shape index (κ3) is 5.12. The zero-order valence-electron chi connectivity index (χ0n) is 16.2. The number of carbonyl (C=O) groups is 1. The van der Waals surface area contributed by atoms with E-state index in [1.54, 1.807) is 18.3 Å². The number of carbonyl (C=O) groups excluding carboxylic acids is 1. The highest BCUT2D eigenvalue weighted by Gasteiger charge is 2.15. The molecule has 2 aromatic carbocycles. The minimum absolute atomic E-state index is 0.149. The molecule has 1 atom stereocenters. The van der Waals surface area contributed by atoms with Crippen molar-refractivity contribution in [3.05, 3.63) is 69.7 Å². The Hall–Kier alpha value is -2.37. The number of benzene rings is 2. The van der Waals surface area contributed by atoms with E-state index < -0.39 is 6.10 Å². The molecular formula is C22H23ClN2O2S. The summed E-state index contributed by atoms with van der Waals surface area (Å²) < 4.78 is 5.77. The Morgan fingerprint density at radius 1 is 1.21 bits per heavy atom. The number of amides is 1. The van der Waals surface area contributed by atoms with Gasteiger partial charge in [0, 0.05) is 28.9 Å². The van der Waals surface area contributed by atoms with Crippen molar-refractivity contribution in [2.45, 2.75) is 33.3 Å². The van der Waals surface area contributed by atoms with Gasteiger partial charge in [0.25, 0.3) is 5.91 Å². The highest BCUT2D eigenvalue weighted by molar-refractivity contribution is 7.13. The fourth-order valence-electron chi connectivity index (χ4n) is 2.82. The van der Waals surface area contributed by atoms with Crippen LogP contribution in [0.5, 0.6) is 5.75 Å². The van der Waals surface area contributed by atoms with Gasteiger partial charge in [-0.2, -0.15) is 0 Å². The lowest BCUT2D eigenvalue weighted by atomic mass is 10.1. The number of rotatable bonds is 7. The van der Waals surface area contributed by atoms with E-state index in [4.69, 9.17) is 16.3 Å². The minimum atomic E-state index is -0.588. The van der Waals surface area contributed by atoms with Gasteiger partial charge in [0.15, 0.2) is 6.10 Å². The molecule has 3 rings (SSSR count). The minimum Gasteiger partial charge on any atom is -0.481 e. The van der Waals surface area contributed by atoms with Crippen LogP contribution in [-0.4, -0.2) is 23.5 Å². The molecule has 1 amide bonds. The predicted octanol–water partition coefficient (Wildman–Crippen LogP) is 5.21. The Labute approximate surface area is 174 Å². The summed E-state index contributed by atoms with van der Waals surface area (Å²) in [5, 5.41) is 6.67. The second-order valence-electron chi connectivity index (χ2n) is 6.68. The summed E-state index contributed by atoms with van der Waals surface area (Å²) >= 11 is 7.79. The van der Waals surface area contributed by atoms with Crippen LogP contribution in [0, 0.1) is 13.8 Å². The molecule has 0 aliphatic heterocycles. The van der Waals surface area contributed by atoms with E-state index in [2.05, 4.69) is 10.3 Å². The number of thiazole rings is 1. The fraction of sp³-hybridized carbons (Fsp3) is 0.273. The van der Waals surface area contributed by atoms with Crippen molar-refractivity contribution in [1.82, 2.24) is 10.3 Å². The second kappa shape index (κ2) is 9.22. The summed E-state index contributed by atoms with van der Waals surface area (Å²) in [5.41, 5.74) is 3.95. The lowest BCUT2D eigenvalue weighted by Crippen LogP contribution is -2.37. The summed E-state index contributed by atoms with van der Waals surface area (Å²) in [7, 11) is 0. The molecule has 1 N–H and O–H groups in total. The first-order chi connectivity index (χ1) is 13.4. The molecule has 0 saturated heterocycles. The van der Waals surface area contributed by atoms with Gasteiger partial charge in [-0.05, 0) is 44.0 Å². The highest BCUT2D eigenvalue weighted by Crippen LogP contribution is 2.26. The molecule has 0 spiro atoms.